The number of amides is 1. The number of alkyl halides is 4. The Balaban J connectivity index is 1.41. The minimum Gasteiger partial charge on any atom is -0.356 e. The summed E-state index contributed by atoms with van der Waals surface area (Å²) in [5.41, 5.74) is 0.267. The predicted octanol–water partition coefficient (Wildman–Crippen LogP) is 8.66. The summed E-state index contributed by atoms with van der Waals surface area (Å²) in [6, 6.07) is 8.82. The summed E-state index contributed by atoms with van der Waals surface area (Å²) in [6.45, 7) is 1.68. The highest BCUT2D eigenvalue weighted by Gasteiger charge is 2.62. The normalized spacial score (nSPS) is 23.7. The average molecular weight is 663 g/mol. The van der Waals surface area contributed by atoms with Crippen molar-refractivity contribution in [3.63, 3.8) is 0 Å². The van der Waals surface area contributed by atoms with Gasteiger partial charge in [0.05, 0.1) is 33.8 Å². The fourth-order valence-electron chi connectivity index (χ4n) is 7.26. The lowest BCUT2D eigenvalue weighted by molar-refractivity contribution is -0.349. The van der Waals surface area contributed by atoms with Crippen molar-refractivity contribution in [1.82, 2.24) is 14.9 Å². The third-order valence-corrected chi connectivity index (χ3v) is 10.2. The van der Waals surface area contributed by atoms with E-state index < -0.39 is 47.9 Å². The molecule has 6 nitrogen and oxygen atoms in total. The number of piperidine rings is 1. The second kappa shape index (κ2) is 10.5. The molecule has 3 heterocycles. The molecule has 13 heteroatoms. The van der Waals surface area contributed by atoms with E-state index in [2.05, 4.69) is 20.8 Å². The standard InChI is InChI=1S/C32H25Cl2F5N4O2/c1-14-18-13-22(29-19-11-16(12-23(19)45-32(37,38)39)43(29)30(44)31(36)7-8-31)42-27(18)20-10-15(4-3-9-40)24(26(35)28(20)41-14)17-5-2-6-21(33)25(17)34/h2,5-6,10,13,16,19,23,29,42H,3-4,7-8,11-12H2,1H3. The number of hydrogen-bond donors (Lipinski definition) is 1. The molecule has 7 rings (SSSR count). The molecule has 3 aliphatic rings. The maximum Gasteiger partial charge on any atom is 0.522 e. The zero-order chi connectivity index (χ0) is 32.0. The Bertz CT molecular complexity index is 1930. The van der Waals surface area contributed by atoms with Gasteiger partial charge in [-0.15, -0.1) is 13.2 Å². The first-order chi connectivity index (χ1) is 21.3. The number of benzene rings is 2. The number of fused-ring (bicyclic) bond motifs is 5. The number of aromatic nitrogens is 2. The molecule has 2 bridgehead atoms. The molecule has 45 heavy (non-hydrogen) atoms. The van der Waals surface area contributed by atoms with Gasteiger partial charge in [-0.05, 0) is 62.8 Å². The zero-order valence-electron chi connectivity index (χ0n) is 23.7. The highest BCUT2D eigenvalue weighted by atomic mass is 35.5. The number of hydrogen-bond acceptors (Lipinski definition) is 4. The molecule has 3 fully saturated rings. The summed E-state index contributed by atoms with van der Waals surface area (Å²) < 4.78 is 76.1. The van der Waals surface area contributed by atoms with Crippen LogP contribution in [0.25, 0.3) is 32.9 Å². The van der Waals surface area contributed by atoms with Gasteiger partial charge in [0.25, 0.3) is 5.91 Å². The summed E-state index contributed by atoms with van der Waals surface area (Å²) >= 11 is 12.7. The third-order valence-electron chi connectivity index (χ3n) is 9.36. The molecule has 234 valence electrons. The number of H-pyrrole nitrogens is 1. The molecule has 0 radical (unpaired) electrons. The van der Waals surface area contributed by atoms with Crippen molar-refractivity contribution in [1.29, 1.82) is 5.26 Å². The van der Waals surface area contributed by atoms with Crippen LogP contribution < -0.4 is 0 Å². The van der Waals surface area contributed by atoms with Gasteiger partial charge in [-0.1, -0.05) is 35.3 Å². The summed E-state index contributed by atoms with van der Waals surface area (Å²) in [7, 11) is 0. The highest BCUT2D eigenvalue weighted by molar-refractivity contribution is 6.43. The summed E-state index contributed by atoms with van der Waals surface area (Å²) in [4.78, 5) is 22.6. The maximum atomic E-state index is 16.5. The van der Waals surface area contributed by atoms with Gasteiger partial charge in [0, 0.05) is 51.7 Å². The van der Waals surface area contributed by atoms with E-state index in [0.29, 0.717) is 38.8 Å². The minimum atomic E-state index is -4.87. The maximum absolute atomic E-state index is 16.5. The first kappa shape index (κ1) is 30.2. The summed E-state index contributed by atoms with van der Waals surface area (Å²) in [6.07, 6.45) is -5.48. The fraction of sp³-hybridized carbons (Fsp3) is 0.406. The number of halogens is 7. The molecular formula is C32H25Cl2F5N4O2. The number of pyridine rings is 1. The largest absolute Gasteiger partial charge is 0.522 e. The second-order valence-electron chi connectivity index (χ2n) is 12.1. The molecular weight excluding hydrogens is 638 g/mol. The SMILES string of the molecule is Cc1nc2c(F)c(-c3cccc(Cl)c3Cl)c(CCC#N)cc2c2[nH]c(C3C4CC(CC4OC(F)(F)F)N3C(=O)C3(F)CC3)cc12. The molecule has 2 aromatic carbocycles. The van der Waals surface area contributed by atoms with Crippen LogP contribution in [0.1, 0.15) is 55.1 Å². The van der Waals surface area contributed by atoms with E-state index in [0.717, 1.165) is 0 Å². The van der Waals surface area contributed by atoms with Crippen LogP contribution in [0.4, 0.5) is 22.0 Å². The van der Waals surface area contributed by atoms with Gasteiger partial charge in [-0.2, -0.15) is 5.26 Å². The van der Waals surface area contributed by atoms with Crippen LogP contribution >= 0.6 is 23.2 Å². The Morgan fingerprint density at radius 2 is 1.98 bits per heavy atom. The number of aryl methyl sites for hydroxylation is 2. The van der Waals surface area contributed by atoms with Gasteiger partial charge in [-0.25, -0.2) is 13.8 Å². The lowest BCUT2D eigenvalue weighted by atomic mass is 9.92. The fourth-order valence-corrected chi connectivity index (χ4v) is 7.66. The quantitative estimate of drug-likeness (QED) is 0.210. The van der Waals surface area contributed by atoms with Crippen LogP contribution in [0, 0.1) is 30.0 Å². The minimum absolute atomic E-state index is 0.0139. The van der Waals surface area contributed by atoms with E-state index in [1.54, 1.807) is 37.3 Å². The molecule has 1 aliphatic heterocycles. The summed E-state index contributed by atoms with van der Waals surface area (Å²) in [5, 5.41) is 10.7. The van der Waals surface area contributed by atoms with Gasteiger partial charge in [-0.3, -0.25) is 9.53 Å². The first-order valence-corrected chi connectivity index (χ1v) is 15.3. The van der Waals surface area contributed by atoms with Crippen molar-refractivity contribution in [3.05, 3.63) is 63.1 Å². The van der Waals surface area contributed by atoms with Crippen LogP contribution in [0.2, 0.25) is 10.0 Å². The zero-order valence-corrected chi connectivity index (χ0v) is 25.3. The van der Waals surface area contributed by atoms with E-state index in [9.17, 15) is 23.2 Å². The number of nitriles is 1. The van der Waals surface area contributed by atoms with Crippen molar-refractivity contribution in [2.24, 2.45) is 5.92 Å². The van der Waals surface area contributed by atoms with Gasteiger partial charge in [0.15, 0.2) is 11.5 Å². The molecule has 2 aromatic heterocycles. The van der Waals surface area contributed by atoms with Crippen LogP contribution in [0.3, 0.4) is 0 Å². The number of nitrogens with one attached hydrogen (secondary N) is 1. The number of ether oxygens (including phenoxy) is 1. The lowest BCUT2D eigenvalue weighted by Gasteiger charge is -2.39. The number of nitrogens with zero attached hydrogens (tertiary/aromatic N) is 3. The number of carbonyl (C=O) groups is 1. The second-order valence-corrected chi connectivity index (χ2v) is 12.9. The Morgan fingerprint density at radius 3 is 2.67 bits per heavy atom. The Kier molecular flexibility index (Phi) is 7.08. The Hall–Kier alpha value is -3.46. The molecule has 2 aliphatic carbocycles. The highest BCUT2D eigenvalue weighted by Crippen LogP contribution is 2.56. The van der Waals surface area contributed by atoms with Crippen LogP contribution in [-0.4, -0.2) is 45.0 Å². The topological polar surface area (TPSA) is 82.0 Å². The Morgan fingerprint density at radius 1 is 1.22 bits per heavy atom. The molecule has 4 atom stereocenters. The van der Waals surface area contributed by atoms with E-state index in [1.807, 2.05) is 0 Å². The number of carbonyl (C=O) groups excluding carboxylic acids is 1. The van der Waals surface area contributed by atoms with Crippen molar-refractivity contribution in [3.8, 4) is 17.2 Å². The molecule has 2 saturated carbocycles. The van der Waals surface area contributed by atoms with Gasteiger partial charge >= 0.3 is 6.36 Å². The molecule has 0 spiro atoms. The third kappa shape index (κ3) is 4.93. The average Bonchev–Trinajstić information content (AvgIpc) is 3.30. The van der Waals surface area contributed by atoms with Gasteiger partial charge < -0.3 is 9.88 Å². The van der Waals surface area contributed by atoms with Gasteiger partial charge in [0.2, 0.25) is 0 Å². The van der Waals surface area contributed by atoms with Crippen molar-refractivity contribution < 1.29 is 31.5 Å². The van der Waals surface area contributed by atoms with Crippen LogP contribution in [-0.2, 0) is 16.0 Å². The van der Waals surface area contributed by atoms with E-state index >= 15 is 8.78 Å². The first-order valence-electron chi connectivity index (χ1n) is 14.5. The lowest BCUT2D eigenvalue weighted by Crippen LogP contribution is -2.49. The van der Waals surface area contributed by atoms with Crippen molar-refractivity contribution >= 4 is 50.9 Å². The molecule has 4 aromatic rings. The van der Waals surface area contributed by atoms with Crippen molar-refractivity contribution in [2.75, 3.05) is 0 Å². The van der Waals surface area contributed by atoms with Crippen molar-refractivity contribution in [2.45, 2.75) is 75.7 Å². The molecule has 4 unspecified atom stereocenters. The number of rotatable bonds is 6. The monoisotopic (exact) mass is 662 g/mol. The Labute approximate surface area is 264 Å². The van der Waals surface area contributed by atoms with Crippen LogP contribution in [0.15, 0.2) is 30.3 Å². The van der Waals surface area contributed by atoms with E-state index in [1.165, 1.54) is 4.90 Å². The van der Waals surface area contributed by atoms with Crippen LogP contribution in [0.5, 0.6) is 0 Å². The van der Waals surface area contributed by atoms with E-state index in [-0.39, 0.29) is 59.7 Å². The van der Waals surface area contributed by atoms with E-state index in [4.69, 9.17) is 23.2 Å². The summed E-state index contributed by atoms with van der Waals surface area (Å²) in [5.74, 6) is -2.14. The molecule has 1 saturated heterocycles. The number of likely N-dealkylation sites (tertiary alicyclic amines) is 1. The predicted molar refractivity (Wildman–Crippen MR) is 158 cm³/mol. The molecule has 1 amide bonds. The number of aromatic amines is 1. The van der Waals surface area contributed by atoms with Gasteiger partial charge in [0.1, 0.15) is 5.52 Å². The smallest absolute Gasteiger partial charge is 0.356 e. The molecule has 1 N–H and O–H groups in total.